The van der Waals surface area contributed by atoms with Crippen LogP contribution in [0.4, 0.5) is 0 Å². The van der Waals surface area contributed by atoms with E-state index in [0.717, 1.165) is 5.75 Å². The molecule has 0 unspecified atom stereocenters. The number of nitrogens with zero attached hydrogens (tertiary/aromatic N) is 1. The molecule has 1 N–H and O–H groups in total. The Balaban J connectivity index is 0.00000133. The van der Waals surface area contributed by atoms with Crippen LogP contribution in [-0.4, -0.2) is 16.5 Å². The van der Waals surface area contributed by atoms with Gasteiger partial charge in [0.15, 0.2) is 0 Å². The lowest BCUT2D eigenvalue weighted by Gasteiger charge is -2.42. The zero-order valence-corrected chi connectivity index (χ0v) is 15.0. The summed E-state index contributed by atoms with van der Waals surface area (Å²) in [5.74, 6) is 1.14. The largest absolute Gasteiger partial charge is 0.364 e. The van der Waals surface area contributed by atoms with Crippen LogP contribution < -0.4 is 5.32 Å². The molecule has 4 heteroatoms. The van der Waals surface area contributed by atoms with Gasteiger partial charge in [-0.25, -0.2) is 0 Å². The van der Waals surface area contributed by atoms with Crippen LogP contribution in [0.1, 0.15) is 64.7 Å². The first kappa shape index (κ1) is 15.7. The van der Waals surface area contributed by atoms with E-state index in [1.54, 1.807) is 5.57 Å². The van der Waals surface area contributed by atoms with E-state index in [2.05, 4.69) is 12.2 Å². The number of allylic oxidation sites excluding steroid dienone is 1. The fraction of sp³-hybridized carbons (Fsp3) is 0.800. The Morgan fingerprint density at radius 1 is 1.11 bits per heavy atom. The zero-order valence-electron chi connectivity index (χ0n) is 11.8. The third-order valence-corrected chi connectivity index (χ3v) is 5.29. The van der Waals surface area contributed by atoms with Gasteiger partial charge in [-0.3, -0.25) is 4.99 Å². The average molecular weight is 392 g/mol. The van der Waals surface area contributed by atoms with Crippen molar-refractivity contribution >= 4 is 40.8 Å². The van der Waals surface area contributed by atoms with E-state index in [0.29, 0.717) is 0 Å². The molecule has 0 atom stereocenters. The van der Waals surface area contributed by atoms with Crippen LogP contribution in [0.2, 0.25) is 0 Å². The van der Waals surface area contributed by atoms with Gasteiger partial charge in [-0.1, -0.05) is 13.3 Å². The summed E-state index contributed by atoms with van der Waals surface area (Å²) in [6, 6.07) is 0. The lowest BCUT2D eigenvalue weighted by Crippen LogP contribution is -2.48. The van der Waals surface area contributed by atoms with Crippen molar-refractivity contribution in [2.45, 2.75) is 70.4 Å². The highest BCUT2D eigenvalue weighted by Crippen LogP contribution is 2.39. The SMILES string of the molecule is CCSC1=NC2(CCCCC2)NC2=C1CCCC2.I. The molecule has 1 aliphatic heterocycles. The fourth-order valence-corrected chi connectivity index (χ4v) is 4.39. The normalized spacial score (nSPS) is 25.2. The van der Waals surface area contributed by atoms with E-state index in [4.69, 9.17) is 4.99 Å². The molecule has 0 aromatic heterocycles. The van der Waals surface area contributed by atoms with E-state index in [1.165, 1.54) is 68.5 Å². The van der Waals surface area contributed by atoms with Gasteiger partial charge in [0.05, 0.1) is 5.04 Å². The number of hydrogen-bond acceptors (Lipinski definition) is 3. The molecule has 1 spiro atoms. The van der Waals surface area contributed by atoms with Gasteiger partial charge in [0.1, 0.15) is 5.66 Å². The fourth-order valence-electron chi connectivity index (χ4n) is 3.48. The minimum atomic E-state index is 0. The maximum Gasteiger partial charge on any atom is 0.130 e. The van der Waals surface area contributed by atoms with Crippen molar-refractivity contribution in [2.24, 2.45) is 4.99 Å². The van der Waals surface area contributed by atoms with Crippen molar-refractivity contribution in [3.63, 3.8) is 0 Å². The Morgan fingerprint density at radius 3 is 2.58 bits per heavy atom. The smallest absolute Gasteiger partial charge is 0.130 e. The second kappa shape index (κ2) is 6.83. The zero-order chi connectivity index (χ0) is 12.4. The predicted octanol–water partition coefficient (Wildman–Crippen LogP) is 4.85. The Kier molecular flexibility index (Phi) is 5.64. The molecular formula is C15H25IN2S. The summed E-state index contributed by atoms with van der Waals surface area (Å²) in [4.78, 5) is 5.16. The van der Waals surface area contributed by atoms with E-state index >= 15 is 0 Å². The molecule has 0 saturated heterocycles. The van der Waals surface area contributed by atoms with Crippen molar-refractivity contribution in [3.8, 4) is 0 Å². The molecule has 0 aromatic carbocycles. The number of rotatable bonds is 1. The lowest BCUT2D eigenvalue weighted by molar-refractivity contribution is 0.252. The van der Waals surface area contributed by atoms with Crippen molar-refractivity contribution in [1.82, 2.24) is 5.32 Å². The van der Waals surface area contributed by atoms with E-state index in [9.17, 15) is 0 Å². The van der Waals surface area contributed by atoms with Gasteiger partial charge in [-0.05, 0) is 57.1 Å². The molecule has 0 radical (unpaired) electrons. The first-order valence-electron chi connectivity index (χ1n) is 7.56. The van der Waals surface area contributed by atoms with Crippen LogP contribution in [-0.2, 0) is 0 Å². The summed E-state index contributed by atoms with van der Waals surface area (Å²) in [7, 11) is 0. The summed E-state index contributed by atoms with van der Waals surface area (Å²) in [6.45, 7) is 2.24. The van der Waals surface area contributed by atoms with Gasteiger partial charge in [-0.15, -0.1) is 35.7 Å². The molecule has 108 valence electrons. The third-order valence-electron chi connectivity index (χ3n) is 4.39. The van der Waals surface area contributed by atoms with E-state index < -0.39 is 0 Å². The standard InChI is InChI=1S/C15H24N2S.HI/c1-2-18-14-12-8-4-5-9-13(12)16-15(17-14)10-6-3-7-11-15;/h16H,2-11H2,1H3;1H. The van der Waals surface area contributed by atoms with Crippen LogP contribution >= 0.6 is 35.7 Å². The quantitative estimate of drug-likeness (QED) is 0.646. The van der Waals surface area contributed by atoms with Crippen molar-refractivity contribution in [3.05, 3.63) is 11.3 Å². The van der Waals surface area contributed by atoms with Gasteiger partial charge in [0, 0.05) is 11.3 Å². The average Bonchev–Trinajstić information content (AvgIpc) is 2.40. The maximum absolute atomic E-state index is 5.16. The Morgan fingerprint density at radius 2 is 1.84 bits per heavy atom. The van der Waals surface area contributed by atoms with Gasteiger partial charge in [-0.2, -0.15) is 0 Å². The molecule has 2 aliphatic carbocycles. The first-order chi connectivity index (χ1) is 8.83. The highest BCUT2D eigenvalue weighted by molar-refractivity contribution is 14.0. The Labute approximate surface area is 138 Å². The summed E-state index contributed by atoms with van der Waals surface area (Å²) >= 11 is 1.96. The molecule has 3 aliphatic rings. The summed E-state index contributed by atoms with van der Waals surface area (Å²) < 4.78 is 0. The number of hydrogen-bond donors (Lipinski definition) is 1. The highest BCUT2D eigenvalue weighted by atomic mass is 127. The molecule has 2 nitrogen and oxygen atoms in total. The van der Waals surface area contributed by atoms with Crippen LogP contribution in [0, 0.1) is 0 Å². The summed E-state index contributed by atoms with van der Waals surface area (Å²) in [5.41, 5.74) is 3.16. The van der Waals surface area contributed by atoms with Gasteiger partial charge in [0.25, 0.3) is 0 Å². The number of nitrogens with one attached hydrogen (secondary N) is 1. The first-order valence-corrected chi connectivity index (χ1v) is 8.55. The molecule has 0 bridgehead atoms. The van der Waals surface area contributed by atoms with Gasteiger partial charge in [0.2, 0.25) is 0 Å². The molecule has 3 rings (SSSR count). The number of aliphatic imine (C=N–C) groups is 1. The van der Waals surface area contributed by atoms with Gasteiger partial charge < -0.3 is 5.32 Å². The van der Waals surface area contributed by atoms with Crippen molar-refractivity contribution < 1.29 is 0 Å². The second-order valence-corrected chi connectivity index (χ2v) is 6.98. The molecular weight excluding hydrogens is 367 g/mol. The maximum atomic E-state index is 5.16. The molecule has 19 heavy (non-hydrogen) atoms. The predicted molar refractivity (Wildman–Crippen MR) is 95.4 cm³/mol. The molecule has 1 fully saturated rings. The molecule has 0 aromatic rings. The lowest BCUT2D eigenvalue weighted by atomic mass is 9.85. The summed E-state index contributed by atoms with van der Waals surface area (Å²) in [6.07, 6.45) is 11.7. The number of halogens is 1. The molecule has 1 heterocycles. The minimum Gasteiger partial charge on any atom is -0.364 e. The molecule has 0 amide bonds. The van der Waals surface area contributed by atoms with Crippen LogP contribution in [0.25, 0.3) is 0 Å². The number of thioether (sulfide) groups is 1. The second-order valence-electron chi connectivity index (χ2n) is 5.73. The highest BCUT2D eigenvalue weighted by Gasteiger charge is 2.37. The minimum absolute atomic E-state index is 0. The van der Waals surface area contributed by atoms with E-state index in [1.807, 2.05) is 11.8 Å². The van der Waals surface area contributed by atoms with Crippen LogP contribution in [0.3, 0.4) is 0 Å². The van der Waals surface area contributed by atoms with Crippen LogP contribution in [0.5, 0.6) is 0 Å². The summed E-state index contributed by atoms with van der Waals surface area (Å²) in [5, 5.41) is 5.21. The Hall–Kier alpha value is 0.290. The Bertz CT molecular complexity index is 384. The van der Waals surface area contributed by atoms with Crippen molar-refractivity contribution in [1.29, 1.82) is 0 Å². The van der Waals surface area contributed by atoms with Crippen molar-refractivity contribution in [2.75, 3.05) is 5.75 Å². The van der Waals surface area contributed by atoms with E-state index in [-0.39, 0.29) is 29.6 Å². The third kappa shape index (κ3) is 3.31. The topological polar surface area (TPSA) is 24.4 Å². The van der Waals surface area contributed by atoms with Gasteiger partial charge >= 0.3 is 0 Å². The monoisotopic (exact) mass is 392 g/mol. The molecule has 1 saturated carbocycles. The van der Waals surface area contributed by atoms with Crippen LogP contribution in [0.15, 0.2) is 16.3 Å².